The van der Waals surface area contributed by atoms with Crippen molar-refractivity contribution in [1.82, 2.24) is 29.6 Å². The van der Waals surface area contributed by atoms with Gasteiger partial charge in [-0.25, -0.2) is 9.97 Å². The van der Waals surface area contributed by atoms with E-state index in [1.807, 2.05) is 54.2 Å². The van der Waals surface area contributed by atoms with Crippen LogP contribution in [0.2, 0.25) is 0 Å². The number of pyridine rings is 1. The Bertz CT molecular complexity index is 1980. The Morgan fingerprint density at radius 3 is 2.56 bits per heavy atom. The first-order valence-electron chi connectivity index (χ1n) is 16.6. The molecule has 1 aliphatic carbocycles. The van der Waals surface area contributed by atoms with Gasteiger partial charge in [0.2, 0.25) is 5.91 Å². The molecular formula is C37H38N8O3. The number of hydrogen-bond acceptors (Lipinski definition) is 7. The highest BCUT2D eigenvalue weighted by atomic mass is 16.5. The van der Waals surface area contributed by atoms with Crippen LogP contribution in [-0.2, 0) is 23.0 Å². The summed E-state index contributed by atoms with van der Waals surface area (Å²) in [5.41, 5.74) is 6.41. The zero-order valence-corrected chi connectivity index (χ0v) is 27.0. The Kier molecular flexibility index (Phi) is 7.76. The highest BCUT2D eigenvalue weighted by Gasteiger charge is 2.40. The summed E-state index contributed by atoms with van der Waals surface area (Å²) < 4.78 is 9.32. The summed E-state index contributed by atoms with van der Waals surface area (Å²) in [6, 6.07) is 19.6. The number of carbonyl (C=O) groups is 2. The highest BCUT2D eigenvalue weighted by Crippen LogP contribution is 2.38. The van der Waals surface area contributed by atoms with Crippen molar-refractivity contribution >= 4 is 23.3 Å². The normalized spacial score (nSPS) is 20.4. The third-order valence-electron chi connectivity index (χ3n) is 10.0. The Morgan fingerprint density at radius 2 is 1.83 bits per heavy atom. The third-order valence-corrected chi connectivity index (χ3v) is 10.0. The molecular weight excluding hydrogens is 604 g/mol. The van der Waals surface area contributed by atoms with Crippen LogP contribution in [-0.4, -0.2) is 67.5 Å². The molecule has 48 heavy (non-hydrogen) atoms. The van der Waals surface area contributed by atoms with Gasteiger partial charge in [-0.05, 0) is 97.3 Å². The molecule has 2 aromatic carbocycles. The van der Waals surface area contributed by atoms with Crippen LogP contribution < -0.4 is 15.5 Å². The van der Waals surface area contributed by atoms with E-state index in [2.05, 4.69) is 49.9 Å². The largest absolute Gasteiger partial charge is 0.374 e. The Balaban J connectivity index is 1.10. The molecule has 4 atom stereocenters. The lowest BCUT2D eigenvalue weighted by Crippen LogP contribution is -2.48. The number of fused-ring (bicyclic) bond motifs is 3. The molecule has 5 heterocycles. The van der Waals surface area contributed by atoms with Crippen molar-refractivity contribution in [3.05, 3.63) is 108 Å². The molecule has 0 unspecified atom stereocenters. The summed E-state index contributed by atoms with van der Waals surface area (Å²) >= 11 is 0. The number of amides is 2. The number of imidazole rings is 1. The van der Waals surface area contributed by atoms with Gasteiger partial charge in [-0.3, -0.25) is 14.3 Å². The average molecular weight is 643 g/mol. The Morgan fingerprint density at radius 1 is 0.979 bits per heavy atom. The number of anilines is 2. The van der Waals surface area contributed by atoms with Crippen molar-refractivity contribution < 1.29 is 14.3 Å². The van der Waals surface area contributed by atoms with Gasteiger partial charge in [-0.2, -0.15) is 5.10 Å². The zero-order chi connectivity index (χ0) is 32.8. The Labute approximate surface area is 279 Å². The SMILES string of the molecule is Cc1nccn1-c1ccc(NC(=O)[C@@H](NC(=O)c2ccnn2C)[C@@H]2CCCc3ccc(-c4ccnc(N5C[C@H]6C[C@@H]5CO6)c4)cc32)cc1. The van der Waals surface area contributed by atoms with Crippen LogP contribution >= 0.6 is 0 Å². The summed E-state index contributed by atoms with van der Waals surface area (Å²) in [6.45, 7) is 3.56. The van der Waals surface area contributed by atoms with Gasteiger partial charge in [0.15, 0.2) is 0 Å². The number of rotatable bonds is 8. The minimum absolute atomic E-state index is 0.230. The molecule has 244 valence electrons. The van der Waals surface area contributed by atoms with E-state index in [-0.39, 0.29) is 23.8 Å². The van der Waals surface area contributed by atoms with Crippen LogP contribution in [0.15, 0.2) is 85.5 Å². The van der Waals surface area contributed by atoms with Crippen LogP contribution in [0.25, 0.3) is 16.8 Å². The maximum absolute atomic E-state index is 14.2. The molecule has 5 aromatic rings. The van der Waals surface area contributed by atoms with Crippen molar-refractivity contribution in [1.29, 1.82) is 0 Å². The smallest absolute Gasteiger partial charge is 0.270 e. The van der Waals surface area contributed by atoms with Crippen LogP contribution in [0.1, 0.15) is 52.6 Å². The predicted octanol–water partition coefficient (Wildman–Crippen LogP) is 4.81. The van der Waals surface area contributed by atoms with Crippen molar-refractivity contribution in [3.8, 4) is 16.8 Å². The lowest BCUT2D eigenvalue weighted by atomic mass is 9.77. The number of nitrogens with zero attached hydrogens (tertiary/aromatic N) is 6. The first-order valence-corrected chi connectivity index (χ1v) is 16.6. The first-order chi connectivity index (χ1) is 23.4. The summed E-state index contributed by atoms with van der Waals surface area (Å²) in [7, 11) is 1.72. The van der Waals surface area contributed by atoms with Crippen molar-refractivity contribution in [2.75, 3.05) is 23.4 Å². The van der Waals surface area contributed by atoms with Gasteiger partial charge in [0.25, 0.3) is 5.91 Å². The van der Waals surface area contributed by atoms with Gasteiger partial charge < -0.3 is 24.8 Å². The van der Waals surface area contributed by atoms with Crippen LogP contribution in [0, 0.1) is 6.92 Å². The van der Waals surface area contributed by atoms with Crippen molar-refractivity contribution in [3.63, 3.8) is 0 Å². The number of benzene rings is 2. The summed E-state index contributed by atoms with van der Waals surface area (Å²) in [6.07, 6.45) is 11.1. The van der Waals surface area contributed by atoms with Gasteiger partial charge >= 0.3 is 0 Å². The fourth-order valence-electron chi connectivity index (χ4n) is 7.53. The summed E-state index contributed by atoms with van der Waals surface area (Å²) in [5.74, 6) is 1.00. The molecule has 11 nitrogen and oxygen atoms in total. The number of hydrogen-bond donors (Lipinski definition) is 2. The highest BCUT2D eigenvalue weighted by molar-refractivity contribution is 6.01. The monoisotopic (exact) mass is 642 g/mol. The van der Waals surface area contributed by atoms with E-state index in [0.29, 0.717) is 17.4 Å². The van der Waals surface area contributed by atoms with Crippen LogP contribution in [0.5, 0.6) is 0 Å². The second-order valence-corrected chi connectivity index (χ2v) is 13.0. The second kappa shape index (κ2) is 12.4. The van der Waals surface area contributed by atoms with Crippen LogP contribution in [0.3, 0.4) is 0 Å². The van der Waals surface area contributed by atoms with Crippen molar-refractivity contribution in [2.24, 2.45) is 7.05 Å². The fraction of sp³-hybridized carbons (Fsp3) is 0.324. The van der Waals surface area contributed by atoms with E-state index >= 15 is 0 Å². The van der Waals surface area contributed by atoms with E-state index < -0.39 is 6.04 Å². The molecule has 2 saturated heterocycles. The molecule has 0 spiro atoms. The van der Waals surface area contributed by atoms with E-state index in [0.717, 1.165) is 72.9 Å². The van der Waals surface area contributed by atoms with E-state index in [1.54, 1.807) is 25.5 Å². The Hall–Kier alpha value is -5.29. The van der Waals surface area contributed by atoms with E-state index in [9.17, 15) is 9.59 Å². The third kappa shape index (κ3) is 5.64. The van der Waals surface area contributed by atoms with Crippen LogP contribution in [0.4, 0.5) is 11.5 Å². The minimum Gasteiger partial charge on any atom is -0.374 e. The average Bonchev–Trinajstić information content (AvgIpc) is 3.94. The van der Waals surface area contributed by atoms with E-state index in [4.69, 9.17) is 9.72 Å². The lowest BCUT2D eigenvalue weighted by molar-refractivity contribution is -0.118. The molecule has 2 N–H and O–H groups in total. The van der Waals surface area contributed by atoms with Crippen molar-refractivity contribution in [2.45, 2.75) is 56.7 Å². The first kappa shape index (κ1) is 30.1. The number of carbonyl (C=O) groups excluding carboxylic acids is 2. The molecule has 11 heteroatoms. The van der Waals surface area contributed by atoms with Gasteiger partial charge in [0.05, 0.1) is 18.8 Å². The fourth-order valence-corrected chi connectivity index (χ4v) is 7.53. The minimum atomic E-state index is -0.814. The van der Waals surface area contributed by atoms with Gasteiger partial charge in [0, 0.05) is 55.7 Å². The molecule has 2 amide bonds. The topological polar surface area (TPSA) is 119 Å². The quantitative estimate of drug-likeness (QED) is 0.249. The standard InChI is InChI=1S/C37H38N8O3/c1-23-38-16-17-44(23)28-10-8-27(9-11-28)41-37(47)35(42-36(46)33-13-15-40-43(33)2)31-5-3-4-24-6-7-25(18-32(24)31)26-12-14-39-34(19-26)45-21-30-20-29(45)22-48-30/h6-19,29-31,35H,3-5,20-22H2,1-2H3,(H,41,47)(H,42,46)/t29-,30-,31-,35+/m1/s1. The molecule has 0 saturated carbocycles. The zero-order valence-electron chi connectivity index (χ0n) is 27.0. The molecule has 8 rings (SSSR count). The summed E-state index contributed by atoms with van der Waals surface area (Å²) in [5, 5.41) is 10.4. The lowest BCUT2D eigenvalue weighted by Gasteiger charge is -2.33. The molecule has 2 aliphatic heterocycles. The number of morpholine rings is 1. The van der Waals surface area contributed by atoms with E-state index in [1.165, 1.54) is 10.2 Å². The summed E-state index contributed by atoms with van der Waals surface area (Å²) in [4.78, 5) is 39.2. The maximum atomic E-state index is 14.2. The van der Waals surface area contributed by atoms with Gasteiger partial charge in [-0.15, -0.1) is 0 Å². The molecule has 3 aromatic heterocycles. The molecule has 0 radical (unpaired) electrons. The number of ether oxygens (including phenoxy) is 1. The number of nitrogens with one attached hydrogen (secondary N) is 2. The number of aromatic nitrogens is 5. The molecule has 2 fully saturated rings. The number of aryl methyl sites for hydroxylation is 3. The molecule has 2 bridgehead atoms. The van der Waals surface area contributed by atoms with Gasteiger partial charge in [-0.1, -0.05) is 18.2 Å². The maximum Gasteiger partial charge on any atom is 0.270 e. The predicted molar refractivity (Wildman–Crippen MR) is 182 cm³/mol. The molecule has 3 aliphatic rings. The van der Waals surface area contributed by atoms with Gasteiger partial charge in [0.1, 0.15) is 23.4 Å². The second-order valence-electron chi connectivity index (χ2n) is 13.0.